The predicted octanol–water partition coefficient (Wildman–Crippen LogP) is 3.08. The van der Waals surface area contributed by atoms with Crippen molar-refractivity contribution in [1.29, 1.82) is 0 Å². The maximum Gasteiger partial charge on any atom is 0.295 e. The van der Waals surface area contributed by atoms with E-state index < -0.39 is 31.4 Å². The number of nitro groups is 1. The summed E-state index contributed by atoms with van der Waals surface area (Å²) in [5, 5.41) is 26.9. The summed E-state index contributed by atoms with van der Waals surface area (Å²) in [6.45, 7) is 0. The van der Waals surface area contributed by atoms with E-state index in [-0.39, 0.29) is 28.3 Å². The van der Waals surface area contributed by atoms with Gasteiger partial charge in [0.05, 0.1) is 10.6 Å². The zero-order chi connectivity index (χ0) is 22.3. The number of carbonyl (C=O) groups is 1. The van der Waals surface area contributed by atoms with E-state index >= 15 is 0 Å². The number of nitro benzene ring substituents is 1. The van der Waals surface area contributed by atoms with Crippen LogP contribution in [0.2, 0.25) is 0 Å². The van der Waals surface area contributed by atoms with Gasteiger partial charge < -0.3 is 5.11 Å². The fraction of sp³-hybridized carbons (Fsp3) is 0. The third-order valence-corrected chi connectivity index (χ3v) is 5.59. The van der Waals surface area contributed by atoms with Crippen molar-refractivity contribution in [3.8, 4) is 5.75 Å². The molecular weight excluding hydrogens is 426 g/mol. The summed E-state index contributed by atoms with van der Waals surface area (Å²) in [6, 6.07) is 13.5. The quantitative estimate of drug-likeness (QED) is 0.242. The molecule has 10 nitrogen and oxygen atoms in total. The van der Waals surface area contributed by atoms with Crippen molar-refractivity contribution in [3.63, 3.8) is 0 Å². The number of hydrazone groups is 1. The Morgan fingerprint density at radius 2 is 1.77 bits per heavy atom. The average Bonchev–Trinajstić information content (AvgIpc) is 2.73. The molecule has 0 saturated heterocycles. The molecule has 1 aliphatic rings. The zero-order valence-electron chi connectivity index (χ0n) is 15.5. The number of carbonyl (C=O) groups excluding carboxylic acids is 1. The van der Waals surface area contributed by atoms with Crippen LogP contribution in [-0.4, -0.2) is 34.5 Å². The van der Waals surface area contributed by atoms with Gasteiger partial charge >= 0.3 is 0 Å². The molecule has 0 aliphatic heterocycles. The molecule has 0 aromatic heterocycles. The Balaban J connectivity index is 1.82. The highest BCUT2D eigenvalue weighted by molar-refractivity contribution is 7.95. The van der Waals surface area contributed by atoms with Crippen molar-refractivity contribution in [1.82, 2.24) is 0 Å². The SMILES string of the molecule is O=C1C=C(S(=O)(=O)O)c2cc([N+](=O)[O-])ccc2C1=NNc1ccc2ccccc2c1O. The highest BCUT2D eigenvalue weighted by atomic mass is 32.2. The second-order valence-corrected chi connectivity index (χ2v) is 7.98. The highest BCUT2D eigenvalue weighted by Gasteiger charge is 2.32. The molecule has 3 N–H and O–H groups in total. The van der Waals surface area contributed by atoms with Crippen LogP contribution in [0.1, 0.15) is 11.1 Å². The van der Waals surface area contributed by atoms with Gasteiger partial charge in [0.25, 0.3) is 15.8 Å². The Morgan fingerprint density at radius 1 is 1.03 bits per heavy atom. The molecule has 156 valence electrons. The third-order valence-electron chi connectivity index (χ3n) is 4.70. The topological polar surface area (TPSA) is 159 Å². The molecule has 0 atom stereocenters. The number of anilines is 1. The van der Waals surface area contributed by atoms with E-state index in [2.05, 4.69) is 10.5 Å². The molecule has 0 amide bonds. The summed E-state index contributed by atoms with van der Waals surface area (Å²) in [4.78, 5) is 22.1. The summed E-state index contributed by atoms with van der Waals surface area (Å²) in [5.41, 5.74) is 1.83. The molecule has 0 spiro atoms. The first-order valence-corrected chi connectivity index (χ1v) is 10.2. The van der Waals surface area contributed by atoms with Gasteiger partial charge in [-0.3, -0.25) is 24.9 Å². The van der Waals surface area contributed by atoms with Crippen LogP contribution in [0.5, 0.6) is 5.75 Å². The molecule has 0 saturated carbocycles. The fourth-order valence-electron chi connectivity index (χ4n) is 3.24. The Kier molecular flexibility index (Phi) is 4.76. The molecule has 0 unspecified atom stereocenters. The number of nitrogens with zero attached hydrogens (tertiary/aromatic N) is 2. The largest absolute Gasteiger partial charge is 0.505 e. The normalized spacial score (nSPS) is 14.9. The van der Waals surface area contributed by atoms with Crippen molar-refractivity contribution in [2.75, 3.05) is 5.43 Å². The molecule has 31 heavy (non-hydrogen) atoms. The van der Waals surface area contributed by atoms with E-state index in [1.807, 2.05) is 6.07 Å². The number of fused-ring (bicyclic) bond motifs is 2. The lowest BCUT2D eigenvalue weighted by atomic mass is 9.94. The number of hydrogen-bond acceptors (Lipinski definition) is 8. The number of aromatic hydroxyl groups is 1. The Morgan fingerprint density at radius 3 is 2.48 bits per heavy atom. The molecule has 3 aromatic rings. The number of allylic oxidation sites excluding steroid dienone is 1. The van der Waals surface area contributed by atoms with E-state index in [1.54, 1.807) is 30.3 Å². The Hall–Kier alpha value is -4.09. The minimum atomic E-state index is -4.83. The van der Waals surface area contributed by atoms with E-state index in [0.717, 1.165) is 17.5 Å². The molecule has 1 aliphatic carbocycles. The van der Waals surface area contributed by atoms with Crippen LogP contribution in [0.4, 0.5) is 11.4 Å². The molecule has 0 bridgehead atoms. The van der Waals surface area contributed by atoms with Gasteiger partial charge in [0.15, 0.2) is 0 Å². The lowest BCUT2D eigenvalue weighted by Crippen LogP contribution is -2.23. The monoisotopic (exact) mass is 439 g/mol. The predicted molar refractivity (Wildman–Crippen MR) is 113 cm³/mol. The molecule has 0 radical (unpaired) electrons. The fourth-order valence-corrected chi connectivity index (χ4v) is 3.95. The van der Waals surface area contributed by atoms with Gasteiger partial charge in [-0.15, -0.1) is 0 Å². The second-order valence-electron chi connectivity index (χ2n) is 6.59. The van der Waals surface area contributed by atoms with Crippen molar-refractivity contribution in [2.24, 2.45) is 5.10 Å². The van der Waals surface area contributed by atoms with E-state index in [9.17, 15) is 33.0 Å². The highest BCUT2D eigenvalue weighted by Crippen LogP contribution is 2.34. The smallest absolute Gasteiger partial charge is 0.295 e. The maximum atomic E-state index is 12.5. The number of rotatable bonds is 4. The molecule has 3 aromatic carbocycles. The van der Waals surface area contributed by atoms with Gasteiger partial charge in [0.1, 0.15) is 16.4 Å². The van der Waals surface area contributed by atoms with Crippen molar-refractivity contribution < 1.29 is 27.8 Å². The molecule has 4 rings (SSSR count). The number of ketones is 1. The lowest BCUT2D eigenvalue weighted by molar-refractivity contribution is -0.384. The second kappa shape index (κ2) is 7.31. The first-order valence-electron chi connectivity index (χ1n) is 8.74. The van der Waals surface area contributed by atoms with Crippen LogP contribution in [0.25, 0.3) is 15.7 Å². The van der Waals surface area contributed by atoms with Crippen molar-refractivity contribution in [2.45, 2.75) is 0 Å². The van der Waals surface area contributed by atoms with Gasteiger partial charge in [-0.1, -0.05) is 30.3 Å². The Labute approximate surface area is 175 Å². The molecular formula is C20H13N3O7S. The van der Waals surface area contributed by atoms with Gasteiger partial charge in [0, 0.05) is 34.7 Å². The number of benzene rings is 3. The summed E-state index contributed by atoms with van der Waals surface area (Å²) >= 11 is 0. The van der Waals surface area contributed by atoms with Crippen molar-refractivity contribution >= 4 is 48.7 Å². The van der Waals surface area contributed by atoms with E-state index in [0.29, 0.717) is 11.5 Å². The Bertz CT molecular complexity index is 1440. The minimum Gasteiger partial charge on any atom is -0.505 e. The van der Waals surface area contributed by atoms with Gasteiger partial charge in [-0.25, -0.2) is 0 Å². The standard InChI is InChI=1S/C20H13N3O7S/c24-17-10-18(31(28,29)30)15-9-12(23(26)27)6-7-14(15)19(17)22-21-16-8-5-11-3-1-2-4-13(11)20(16)25/h1-10,21,25H,(H,28,29,30). The average molecular weight is 439 g/mol. The van der Waals surface area contributed by atoms with Crippen LogP contribution in [0, 0.1) is 10.1 Å². The summed E-state index contributed by atoms with van der Waals surface area (Å²) in [5.74, 6) is -0.953. The van der Waals surface area contributed by atoms with Crippen LogP contribution < -0.4 is 5.43 Å². The van der Waals surface area contributed by atoms with Gasteiger partial charge in [-0.2, -0.15) is 13.5 Å². The summed E-state index contributed by atoms with van der Waals surface area (Å²) in [7, 11) is -4.83. The number of phenolic OH excluding ortho intramolecular Hbond substituents is 1. The van der Waals surface area contributed by atoms with Gasteiger partial charge in [-0.05, 0) is 17.5 Å². The van der Waals surface area contributed by atoms with Crippen LogP contribution >= 0.6 is 0 Å². The summed E-state index contributed by atoms with van der Waals surface area (Å²) < 4.78 is 32.9. The first kappa shape index (κ1) is 20.2. The van der Waals surface area contributed by atoms with Crippen LogP contribution in [0.3, 0.4) is 0 Å². The van der Waals surface area contributed by atoms with Crippen LogP contribution in [0.15, 0.2) is 65.8 Å². The summed E-state index contributed by atoms with van der Waals surface area (Å²) in [6.07, 6.45) is 0.641. The molecule has 11 heteroatoms. The maximum absolute atomic E-state index is 12.5. The number of non-ortho nitro benzene ring substituents is 1. The minimum absolute atomic E-state index is 0.0292. The zero-order valence-corrected chi connectivity index (χ0v) is 16.3. The van der Waals surface area contributed by atoms with E-state index in [1.165, 1.54) is 6.07 Å². The lowest BCUT2D eigenvalue weighted by Gasteiger charge is -2.17. The van der Waals surface area contributed by atoms with Gasteiger partial charge in [0.2, 0.25) is 5.78 Å². The number of phenols is 1. The van der Waals surface area contributed by atoms with Crippen molar-refractivity contribution in [3.05, 3.63) is 81.9 Å². The van der Waals surface area contributed by atoms with E-state index in [4.69, 9.17) is 0 Å². The molecule has 0 heterocycles. The molecule has 0 fully saturated rings. The first-order chi connectivity index (χ1) is 14.7. The van der Waals surface area contributed by atoms with Crippen LogP contribution in [-0.2, 0) is 14.9 Å². The third kappa shape index (κ3) is 3.63. The number of hydrogen-bond donors (Lipinski definition) is 3. The number of nitrogens with one attached hydrogen (secondary N) is 1.